The third-order valence-electron chi connectivity index (χ3n) is 2.66. The molecule has 2 N–H and O–H groups in total. The Kier molecular flexibility index (Phi) is 8.19. The van der Waals surface area contributed by atoms with Crippen LogP contribution in [-0.4, -0.2) is 37.2 Å². The number of hydrogen-bond acceptors (Lipinski definition) is 3. The van der Waals surface area contributed by atoms with Crippen LogP contribution in [0.4, 0.5) is 4.39 Å². The number of rotatable bonds is 4. The van der Waals surface area contributed by atoms with Crippen LogP contribution in [-0.2, 0) is 9.59 Å². The Hall–Kier alpha value is -2.65. The Morgan fingerprint density at radius 1 is 1.50 bits per heavy atom. The van der Waals surface area contributed by atoms with Crippen LogP contribution in [0.25, 0.3) is 5.57 Å². The lowest BCUT2D eigenvalue weighted by Gasteiger charge is -2.13. The summed E-state index contributed by atoms with van der Waals surface area (Å²) in [6.07, 6.45) is 5.24. The highest BCUT2D eigenvalue weighted by atomic mass is 19.1. The second-order valence-corrected chi connectivity index (χ2v) is 4.67. The molecule has 0 spiro atoms. The van der Waals surface area contributed by atoms with Crippen molar-refractivity contribution in [2.24, 2.45) is 0 Å². The maximum atomic E-state index is 13.1. The second kappa shape index (κ2) is 9.32. The fourth-order valence-electron chi connectivity index (χ4n) is 1.57. The summed E-state index contributed by atoms with van der Waals surface area (Å²) in [4.78, 5) is 19.2. The Bertz CT molecular complexity index is 593. The van der Waals surface area contributed by atoms with E-state index in [1.54, 1.807) is 13.0 Å². The molecule has 0 aliphatic rings. The van der Waals surface area contributed by atoms with E-state index < -0.39 is 11.9 Å². The molecule has 0 aromatic heterocycles. The number of aryl methyl sites for hydroxylation is 1. The molecular weight excluding hydrogens is 289 g/mol. The number of carbonyl (C=O) groups excluding carboxylic acids is 1. The lowest BCUT2D eigenvalue weighted by molar-refractivity contribution is -0.863. The molecule has 0 fully saturated rings. The molecule has 0 heterocycles. The standard InChI is InChI=1S/C14H16FN.C2H2O4/c1-5-8-16(4)10-12(3)13-6-7-14(15)11(2)9-13;3-1(4)2(5)6/h1,6-7,9H,3,8,10H2,2,4H3;(H,3,4)(H,5,6). The topological polar surface area (TPSA) is 81.9 Å². The third-order valence-corrected chi connectivity index (χ3v) is 2.66. The number of carboxylic acids is 2. The molecule has 0 aliphatic carbocycles. The fourth-order valence-corrected chi connectivity index (χ4v) is 1.57. The molecule has 22 heavy (non-hydrogen) atoms. The number of likely N-dealkylation sites (N-methyl/N-ethyl adjacent to an activating group) is 1. The van der Waals surface area contributed by atoms with Gasteiger partial charge in [-0.2, -0.15) is 0 Å². The van der Waals surface area contributed by atoms with Crippen molar-refractivity contribution in [1.29, 1.82) is 0 Å². The van der Waals surface area contributed by atoms with E-state index in [1.165, 1.54) is 11.0 Å². The van der Waals surface area contributed by atoms with E-state index in [0.29, 0.717) is 12.1 Å². The predicted molar refractivity (Wildman–Crippen MR) is 78.3 cm³/mol. The van der Waals surface area contributed by atoms with E-state index in [1.807, 2.05) is 13.1 Å². The molecule has 0 radical (unpaired) electrons. The minimum absolute atomic E-state index is 0.180. The number of terminal acetylenes is 1. The first-order valence-corrected chi connectivity index (χ1v) is 6.32. The summed E-state index contributed by atoms with van der Waals surface area (Å²) in [5.41, 5.74) is 2.61. The monoisotopic (exact) mass is 307 g/mol. The summed E-state index contributed by atoms with van der Waals surface area (Å²) < 4.78 is 13.1. The molecule has 0 bridgehead atoms. The van der Waals surface area contributed by atoms with Gasteiger partial charge in [0.05, 0.1) is 7.05 Å². The first-order chi connectivity index (χ1) is 10.2. The summed E-state index contributed by atoms with van der Waals surface area (Å²) in [7, 11) is 2.02. The molecule has 0 amide bonds. The Balaban J connectivity index is 0.000000626. The largest absolute Gasteiger partial charge is 0.539 e. The van der Waals surface area contributed by atoms with Crippen molar-refractivity contribution in [2.75, 3.05) is 20.1 Å². The maximum absolute atomic E-state index is 13.1. The SMILES string of the molecule is C#CC[NH+](C)CC(=C)c1ccc(F)c(C)c1.O=C([O-])C(=O)O. The summed E-state index contributed by atoms with van der Waals surface area (Å²) in [6, 6.07) is 5.06. The zero-order valence-corrected chi connectivity index (χ0v) is 12.5. The molecular formula is C16H18FNO4. The minimum atomic E-state index is -2.07. The van der Waals surface area contributed by atoms with E-state index in [2.05, 4.69) is 12.5 Å². The van der Waals surface area contributed by atoms with Crippen LogP contribution < -0.4 is 10.0 Å². The lowest BCUT2D eigenvalue weighted by atomic mass is 10.0. The van der Waals surface area contributed by atoms with Gasteiger partial charge in [-0.15, -0.1) is 6.42 Å². The summed E-state index contributed by atoms with van der Waals surface area (Å²) >= 11 is 0. The van der Waals surface area contributed by atoms with Crippen molar-refractivity contribution in [2.45, 2.75) is 6.92 Å². The van der Waals surface area contributed by atoms with E-state index >= 15 is 0 Å². The van der Waals surface area contributed by atoms with Crippen LogP contribution in [0, 0.1) is 25.1 Å². The quantitative estimate of drug-likeness (QED) is 0.559. The summed E-state index contributed by atoms with van der Waals surface area (Å²) in [5, 5.41) is 16.3. The van der Waals surface area contributed by atoms with Gasteiger partial charge in [0.15, 0.2) is 5.97 Å². The van der Waals surface area contributed by atoms with Crippen LogP contribution >= 0.6 is 0 Å². The summed E-state index contributed by atoms with van der Waals surface area (Å²) in [6.45, 7) is 7.20. The van der Waals surface area contributed by atoms with Crippen molar-refractivity contribution in [3.8, 4) is 12.3 Å². The number of hydrogen-bond donors (Lipinski definition) is 2. The first kappa shape index (κ1) is 19.4. The number of carboxylic acid groups (broad SMARTS) is 2. The van der Waals surface area contributed by atoms with Crippen molar-refractivity contribution >= 4 is 17.5 Å². The molecule has 6 heteroatoms. The molecule has 1 aromatic rings. The van der Waals surface area contributed by atoms with Gasteiger partial charge in [0.2, 0.25) is 0 Å². The minimum Gasteiger partial charge on any atom is -0.539 e. The van der Waals surface area contributed by atoms with Gasteiger partial charge < -0.3 is 19.9 Å². The van der Waals surface area contributed by atoms with Gasteiger partial charge >= 0.3 is 5.97 Å². The van der Waals surface area contributed by atoms with Crippen molar-refractivity contribution in [3.05, 3.63) is 41.7 Å². The number of benzene rings is 1. The van der Waals surface area contributed by atoms with Crippen LogP contribution in [0.15, 0.2) is 24.8 Å². The third kappa shape index (κ3) is 7.22. The molecule has 118 valence electrons. The summed E-state index contributed by atoms with van der Waals surface area (Å²) in [5.74, 6) is -1.58. The Morgan fingerprint density at radius 3 is 2.45 bits per heavy atom. The van der Waals surface area contributed by atoms with Gasteiger partial charge in [-0.3, -0.25) is 0 Å². The van der Waals surface area contributed by atoms with Crippen LogP contribution in [0.5, 0.6) is 0 Å². The van der Waals surface area contributed by atoms with E-state index in [0.717, 1.165) is 17.7 Å². The number of aliphatic carboxylic acids is 2. The fraction of sp³-hybridized carbons (Fsp3) is 0.250. The van der Waals surface area contributed by atoms with Crippen LogP contribution in [0.1, 0.15) is 11.1 Å². The van der Waals surface area contributed by atoms with Crippen molar-refractivity contribution < 1.29 is 29.1 Å². The zero-order chi connectivity index (χ0) is 17.3. The van der Waals surface area contributed by atoms with Gasteiger partial charge in [0.25, 0.3) is 0 Å². The molecule has 1 atom stereocenters. The van der Waals surface area contributed by atoms with Crippen LogP contribution in [0.2, 0.25) is 0 Å². The van der Waals surface area contributed by atoms with E-state index in [4.69, 9.17) is 26.2 Å². The maximum Gasteiger partial charge on any atom is 0.351 e. The molecule has 0 saturated heterocycles. The average molecular weight is 307 g/mol. The van der Waals surface area contributed by atoms with Crippen molar-refractivity contribution in [1.82, 2.24) is 0 Å². The molecule has 1 aromatic carbocycles. The van der Waals surface area contributed by atoms with Gasteiger partial charge in [-0.1, -0.05) is 12.6 Å². The average Bonchev–Trinajstić information content (AvgIpc) is 2.42. The Morgan fingerprint density at radius 2 is 2.05 bits per heavy atom. The van der Waals surface area contributed by atoms with Gasteiger partial charge in [0, 0.05) is 5.57 Å². The number of carbonyl (C=O) groups is 2. The van der Waals surface area contributed by atoms with Gasteiger partial charge in [-0.25, -0.2) is 9.18 Å². The van der Waals surface area contributed by atoms with Crippen molar-refractivity contribution in [3.63, 3.8) is 0 Å². The molecule has 1 unspecified atom stereocenters. The molecule has 0 saturated carbocycles. The van der Waals surface area contributed by atoms with Gasteiger partial charge in [0.1, 0.15) is 18.9 Å². The molecule has 5 nitrogen and oxygen atoms in total. The van der Waals surface area contributed by atoms with Gasteiger partial charge in [-0.05, 0) is 36.1 Å². The molecule has 1 rings (SSSR count). The van der Waals surface area contributed by atoms with Crippen LogP contribution in [0.3, 0.4) is 0 Å². The number of quaternary nitrogens is 1. The molecule has 0 aliphatic heterocycles. The highest BCUT2D eigenvalue weighted by Gasteiger charge is 2.07. The normalized spacial score (nSPS) is 10.6. The highest BCUT2D eigenvalue weighted by Crippen LogP contribution is 2.15. The highest BCUT2D eigenvalue weighted by molar-refractivity contribution is 6.26. The predicted octanol–water partition coefficient (Wildman–Crippen LogP) is -0.884. The first-order valence-electron chi connectivity index (χ1n) is 6.32. The lowest BCUT2D eigenvalue weighted by Crippen LogP contribution is -3.08. The number of halogens is 1. The number of nitrogens with one attached hydrogen (secondary N) is 1. The zero-order valence-electron chi connectivity index (χ0n) is 12.5. The van der Waals surface area contributed by atoms with E-state index in [9.17, 15) is 4.39 Å². The second-order valence-electron chi connectivity index (χ2n) is 4.67. The smallest absolute Gasteiger partial charge is 0.351 e. The Labute approximate surface area is 128 Å². The van der Waals surface area contributed by atoms with E-state index in [-0.39, 0.29) is 5.82 Å².